The molecule has 0 amide bonds. The van der Waals surface area contributed by atoms with Gasteiger partial charge in [0.25, 0.3) is 0 Å². The fourth-order valence-electron chi connectivity index (χ4n) is 2.37. The van der Waals surface area contributed by atoms with Gasteiger partial charge in [-0.2, -0.15) is 0 Å². The predicted octanol–water partition coefficient (Wildman–Crippen LogP) is 2.09. The molecule has 0 fully saturated rings. The highest BCUT2D eigenvalue weighted by Crippen LogP contribution is 2.26. The van der Waals surface area contributed by atoms with Gasteiger partial charge in [-0.05, 0) is 37.8 Å². The average molecular weight is 262 g/mol. The van der Waals surface area contributed by atoms with Gasteiger partial charge in [0.2, 0.25) is 0 Å². The molecule has 0 saturated heterocycles. The summed E-state index contributed by atoms with van der Waals surface area (Å²) in [5, 5.41) is 6.72. The van der Waals surface area contributed by atoms with Gasteiger partial charge in [-0.3, -0.25) is 10.1 Å². The number of benzene rings is 1. The van der Waals surface area contributed by atoms with E-state index in [0.29, 0.717) is 6.54 Å². The van der Waals surface area contributed by atoms with Crippen LogP contribution in [0.15, 0.2) is 18.2 Å². The average Bonchev–Trinajstić information content (AvgIpc) is 2.44. The number of carbonyl (C=O) groups excluding carboxylic acids is 1. The molecule has 4 nitrogen and oxygen atoms in total. The molecule has 0 atom stereocenters. The first-order valence-corrected chi connectivity index (χ1v) is 6.72. The topological polar surface area (TPSA) is 50.4 Å². The number of methoxy groups -OCH3 is 1. The number of hydrogen-bond donors (Lipinski definition) is 2. The summed E-state index contributed by atoms with van der Waals surface area (Å²) in [6.07, 6.45) is 2.30. The van der Waals surface area contributed by atoms with Crippen LogP contribution in [0.2, 0.25) is 0 Å². The fraction of sp³-hybridized carbons (Fsp3) is 0.533. The van der Waals surface area contributed by atoms with E-state index in [-0.39, 0.29) is 5.97 Å². The van der Waals surface area contributed by atoms with Crippen molar-refractivity contribution in [2.45, 2.75) is 38.8 Å². The van der Waals surface area contributed by atoms with E-state index in [1.165, 1.54) is 30.3 Å². The molecular formula is C15H22N2O2. The number of anilines is 1. The van der Waals surface area contributed by atoms with Gasteiger partial charge in [0.15, 0.2) is 0 Å². The third-order valence-corrected chi connectivity index (χ3v) is 3.58. The second-order valence-corrected chi connectivity index (χ2v) is 5.45. The molecule has 0 unspecified atom stereocenters. The summed E-state index contributed by atoms with van der Waals surface area (Å²) in [5.74, 6) is -0.245. The molecule has 1 aromatic rings. The number of hydrogen-bond acceptors (Lipinski definition) is 4. The second-order valence-electron chi connectivity index (χ2n) is 5.45. The number of nitrogens with one attached hydrogen (secondary N) is 2. The number of aryl methyl sites for hydroxylation is 1. The van der Waals surface area contributed by atoms with Crippen LogP contribution in [0, 0.1) is 0 Å². The van der Waals surface area contributed by atoms with Gasteiger partial charge in [-0.25, -0.2) is 0 Å². The Morgan fingerprint density at radius 3 is 3.00 bits per heavy atom. The van der Waals surface area contributed by atoms with Gasteiger partial charge in [0, 0.05) is 18.8 Å². The third kappa shape index (κ3) is 3.07. The molecule has 104 valence electrons. The summed E-state index contributed by atoms with van der Waals surface area (Å²) in [5.41, 5.74) is 3.11. The Labute approximate surface area is 114 Å². The van der Waals surface area contributed by atoms with Gasteiger partial charge in [-0.1, -0.05) is 18.2 Å². The Balaban J connectivity index is 2.10. The number of rotatable bonds is 4. The number of carbonyl (C=O) groups is 1. The molecule has 2 rings (SSSR count). The first-order valence-electron chi connectivity index (χ1n) is 6.72. The van der Waals surface area contributed by atoms with Crippen molar-refractivity contribution in [2.24, 2.45) is 0 Å². The molecule has 4 heteroatoms. The standard InChI is InChI=1S/C15H22N2O2/c1-15(2,14(18)19-3)17-10-12-7-4-6-11-8-5-9-16-13(11)12/h4,6-7,16-17H,5,8-10H2,1-3H3. The Hall–Kier alpha value is -1.55. The van der Waals surface area contributed by atoms with Crippen LogP contribution in [0.25, 0.3) is 0 Å². The van der Waals surface area contributed by atoms with Gasteiger partial charge in [0.05, 0.1) is 7.11 Å². The lowest BCUT2D eigenvalue weighted by atomic mass is 9.98. The van der Waals surface area contributed by atoms with Crippen LogP contribution in [-0.2, 0) is 22.5 Å². The van der Waals surface area contributed by atoms with E-state index in [1.807, 2.05) is 13.8 Å². The Morgan fingerprint density at radius 1 is 1.47 bits per heavy atom. The van der Waals surface area contributed by atoms with Crippen LogP contribution in [-0.4, -0.2) is 25.2 Å². The second kappa shape index (κ2) is 5.61. The monoisotopic (exact) mass is 262 g/mol. The maximum absolute atomic E-state index is 11.6. The molecule has 0 spiro atoms. The lowest BCUT2D eigenvalue weighted by molar-refractivity contribution is -0.147. The predicted molar refractivity (Wildman–Crippen MR) is 76.2 cm³/mol. The van der Waals surface area contributed by atoms with Crippen LogP contribution in [0.3, 0.4) is 0 Å². The number of fused-ring (bicyclic) bond motifs is 1. The highest BCUT2D eigenvalue weighted by molar-refractivity contribution is 5.79. The van der Waals surface area contributed by atoms with Crippen molar-refractivity contribution < 1.29 is 9.53 Å². The lowest BCUT2D eigenvalue weighted by Crippen LogP contribution is -2.47. The van der Waals surface area contributed by atoms with E-state index in [4.69, 9.17) is 4.74 Å². The van der Waals surface area contributed by atoms with E-state index >= 15 is 0 Å². The zero-order chi connectivity index (χ0) is 13.9. The van der Waals surface area contributed by atoms with Crippen molar-refractivity contribution in [3.8, 4) is 0 Å². The molecule has 1 aliphatic rings. The third-order valence-electron chi connectivity index (χ3n) is 3.58. The number of esters is 1. The van der Waals surface area contributed by atoms with Gasteiger partial charge in [0.1, 0.15) is 5.54 Å². The quantitative estimate of drug-likeness (QED) is 0.816. The maximum atomic E-state index is 11.6. The summed E-state index contributed by atoms with van der Waals surface area (Å²) in [6, 6.07) is 6.34. The normalized spacial score (nSPS) is 14.5. The minimum absolute atomic E-state index is 0.245. The van der Waals surface area contributed by atoms with Crippen molar-refractivity contribution in [1.29, 1.82) is 0 Å². The molecule has 0 bridgehead atoms. The molecule has 0 aromatic heterocycles. The molecule has 2 N–H and O–H groups in total. The van der Waals surface area contributed by atoms with Crippen molar-refractivity contribution in [2.75, 3.05) is 19.0 Å². The van der Waals surface area contributed by atoms with Gasteiger partial charge in [-0.15, -0.1) is 0 Å². The molecule has 1 aliphatic heterocycles. The largest absolute Gasteiger partial charge is 0.468 e. The smallest absolute Gasteiger partial charge is 0.325 e. The highest BCUT2D eigenvalue weighted by Gasteiger charge is 2.28. The van der Waals surface area contributed by atoms with Crippen molar-refractivity contribution in [3.05, 3.63) is 29.3 Å². The van der Waals surface area contributed by atoms with E-state index in [2.05, 4.69) is 28.8 Å². The summed E-state index contributed by atoms with van der Waals surface area (Å²) < 4.78 is 4.80. The molecule has 1 heterocycles. The van der Waals surface area contributed by atoms with Crippen molar-refractivity contribution in [1.82, 2.24) is 5.32 Å². The van der Waals surface area contributed by atoms with Gasteiger partial charge >= 0.3 is 5.97 Å². The Kier molecular flexibility index (Phi) is 4.10. The van der Waals surface area contributed by atoms with E-state index in [9.17, 15) is 4.79 Å². The lowest BCUT2D eigenvalue weighted by Gasteiger charge is -2.26. The summed E-state index contributed by atoms with van der Waals surface area (Å²) in [7, 11) is 1.41. The fourth-order valence-corrected chi connectivity index (χ4v) is 2.37. The minimum Gasteiger partial charge on any atom is -0.468 e. The number of ether oxygens (including phenoxy) is 1. The number of para-hydroxylation sites is 1. The van der Waals surface area contributed by atoms with Crippen molar-refractivity contribution in [3.63, 3.8) is 0 Å². The molecule has 0 saturated carbocycles. The Bertz CT molecular complexity index is 469. The zero-order valence-electron chi connectivity index (χ0n) is 11.9. The molecule has 0 radical (unpaired) electrons. The van der Waals surface area contributed by atoms with E-state index in [0.717, 1.165) is 13.0 Å². The molecule has 19 heavy (non-hydrogen) atoms. The van der Waals surface area contributed by atoms with Crippen LogP contribution in [0.4, 0.5) is 5.69 Å². The van der Waals surface area contributed by atoms with Gasteiger partial charge < -0.3 is 10.1 Å². The van der Waals surface area contributed by atoms with Crippen LogP contribution >= 0.6 is 0 Å². The summed E-state index contributed by atoms with van der Waals surface area (Å²) in [4.78, 5) is 11.6. The van der Waals surface area contributed by atoms with Crippen LogP contribution < -0.4 is 10.6 Å². The van der Waals surface area contributed by atoms with Crippen LogP contribution in [0.5, 0.6) is 0 Å². The summed E-state index contributed by atoms with van der Waals surface area (Å²) in [6.45, 7) is 5.34. The maximum Gasteiger partial charge on any atom is 0.325 e. The van der Waals surface area contributed by atoms with E-state index < -0.39 is 5.54 Å². The van der Waals surface area contributed by atoms with E-state index in [1.54, 1.807) is 0 Å². The zero-order valence-corrected chi connectivity index (χ0v) is 11.9. The first-order chi connectivity index (χ1) is 9.04. The summed E-state index contributed by atoms with van der Waals surface area (Å²) >= 11 is 0. The SMILES string of the molecule is COC(=O)C(C)(C)NCc1cccc2c1NCCC2. The molecule has 1 aromatic carbocycles. The van der Waals surface area contributed by atoms with Crippen molar-refractivity contribution >= 4 is 11.7 Å². The highest BCUT2D eigenvalue weighted by atomic mass is 16.5. The molecular weight excluding hydrogens is 240 g/mol. The molecule has 0 aliphatic carbocycles. The van der Waals surface area contributed by atoms with Crippen LogP contribution in [0.1, 0.15) is 31.4 Å². The Morgan fingerprint density at radius 2 is 2.26 bits per heavy atom. The first kappa shape index (κ1) is 13.9. The minimum atomic E-state index is -0.674.